The second-order valence-corrected chi connectivity index (χ2v) is 5.53. The standard InChI is InChI=1S/C14H10F3N3O2S/c1-20(2)13(21)22-12-8(7-18)9(14(15,16)17)6-10(19-12)11-4-3-5-23-11/h3-6H,1-2H3. The van der Waals surface area contributed by atoms with Gasteiger partial charge in [-0.25, -0.2) is 9.78 Å². The highest BCUT2D eigenvalue weighted by atomic mass is 32.1. The van der Waals surface area contributed by atoms with Gasteiger partial charge >= 0.3 is 12.3 Å². The summed E-state index contributed by atoms with van der Waals surface area (Å²) in [6, 6.07) is 5.42. The number of carbonyl (C=O) groups excluding carboxylic acids is 1. The molecule has 0 radical (unpaired) electrons. The van der Waals surface area contributed by atoms with Crippen LogP contribution in [0.4, 0.5) is 18.0 Å². The zero-order valence-corrected chi connectivity index (χ0v) is 12.8. The molecule has 0 aromatic carbocycles. The molecule has 1 amide bonds. The molecule has 0 aliphatic carbocycles. The van der Waals surface area contributed by atoms with Gasteiger partial charge in [0.05, 0.1) is 16.1 Å². The Hall–Kier alpha value is -2.60. The zero-order valence-electron chi connectivity index (χ0n) is 12.0. The van der Waals surface area contributed by atoms with E-state index in [1.807, 2.05) is 0 Å². The number of thiophene rings is 1. The van der Waals surface area contributed by atoms with Crippen LogP contribution in [0.5, 0.6) is 5.88 Å². The molecule has 120 valence electrons. The summed E-state index contributed by atoms with van der Waals surface area (Å²) in [6.07, 6.45) is -5.70. The molecule has 0 unspecified atom stereocenters. The molecule has 0 saturated heterocycles. The third-order valence-corrected chi connectivity index (χ3v) is 3.62. The number of amides is 1. The molecule has 0 aliphatic rings. The molecule has 23 heavy (non-hydrogen) atoms. The van der Waals surface area contributed by atoms with Gasteiger partial charge in [-0.05, 0) is 17.5 Å². The number of hydrogen-bond donors (Lipinski definition) is 0. The highest BCUT2D eigenvalue weighted by molar-refractivity contribution is 7.13. The van der Waals surface area contributed by atoms with Crippen LogP contribution in [0, 0.1) is 11.3 Å². The molecule has 0 bridgehead atoms. The van der Waals surface area contributed by atoms with Gasteiger partial charge in [0.15, 0.2) is 0 Å². The second kappa shape index (κ2) is 6.26. The number of rotatable bonds is 2. The minimum absolute atomic E-state index is 0.0205. The number of pyridine rings is 1. The Labute approximate surface area is 133 Å². The van der Waals surface area contributed by atoms with Crippen molar-refractivity contribution in [2.24, 2.45) is 0 Å². The first kappa shape index (κ1) is 16.8. The number of nitrogens with zero attached hydrogens (tertiary/aromatic N) is 3. The van der Waals surface area contributed by atoms with Gasteiger partial charge in [-0.3, -0.25) is 0 Å². The van der Waals surface area contributed by atoms with Gasteiger partial charge in [0, 0.05) is 14.1 Å². The minimum atomic E-state index is -4.78. The van der Waals surface area contributed by atoms with Gasteiger partial charge in [-0.15, -0.1) is 11.3 Å². The molecule has 2 heterocycles. The van der Waals surface area contributed by atoms with Crippen molar-refractivity contribution in [2.75, 3.05) is 14.1 Å². The van der Waals surface area contributed by atoms with E-state index in [0.717, 1.165) is 11.0 Å². The molecule has 2 aromatic heterocycles. The number of ether oxygens (including phenoxy) is 1. The molecule has 0 fully saturated rings. The molecule has 0 saturated carbocycles. The Morgan fingerprint density at radius 2 is 2.13 bits per heavy atom. The van der Waals surface area contributed by atoms with E-state index in [9.17, 15) is 18.0 Å². The molecule has 0 spiro atoms. The molecule has 2 rings (SSSR count). The Bertz CT molecular complexity index is 765. The van der Waals surface area contributed by atoms with Crippen molar-refractivity contribution in [3.63, 3.8) is 0 Å². The van der Waals surface area contributed by atoms with E-state index >= 15 is 0 Å². The zero-order chi connectivity index (χ0) is 17.2. The van der Waals surface area contributed by atoms with Crippen LogP contribution in [0.25, 0.3) is 10.6 Å². The van der Waals surface area contributed by atoms with Crippen molar-refractivity contribution >= 4 is 17.4 Å². The number of carbonyl (C=O) groups is 1. The van der Waals surface area contributed by atoms with Crippen LogP contribution >= 0.6 is 11.3 Å². The van der Waals surface area contributed by atoms with Crippen LogP contribution in [-0.4, -0.2) is 30.1 Å². The molecule has 0 aliphatic heterocycles. The third-order valence-electron chi connectivity index (χ3n) is 2.73. The van der Waals surface area contributed by atoms with Gasteiger partial charge in [-0.2, -0.15) is 18.4 Å². The molecule has 0 N–H and O–H groups in total. The maximum Gasteiger partial charge on any atom is 0.417 e. The number of nitriles is 1. The van der Waals surface area contributed by atoms with Crippen LogP contribution in [0.2, 0.25) is 0 Å². The first-order valence-electron chi connectivity index (χ1n) is 6.19. The Morgan fingerprint density at radius 1 is 1.43 bits per heavy atom. The van der Waals surface area contributed by atoms with E-state index in [4.69, 9.17) is 10.00 Å². The second-order valence-electron chi connectivity index (χ2n) is 4.58. The van der Waals surface area contributed by atoms with E-state index in [-0.39, 0.29) is 5.69 Å². The summed E-state index contributed by atoms with van der Waals surface area (Å²) in [5.41, 5.74) is -2.04. The molecule has 5 nitrogen and oxygen atoms in total. The van der Waals surface area contributed by atoms with Crippen molar-refractivity contribution in [3.8, 4) is 22.5 Å². The first-order chi connectivity index (χ1) is 10.7. The topological polar surface area (TPSA) is 66.2 Å². The summed E-state index contributed by atoms with van der Waals surface area (Å²) in [6.45, 7) is 0. The third kappa shape index (κ3) is 3.60. The maximum atomic E-state index is 13.2. The number of hydrogen-bond acceptors (Lipinski definition) is 5. The molecule has 9 heteroatoms. The lowest BCUT2D eigenvalue weighted by Gasteiger charge is -2.15. The average Bonchev–Trinajstić information content (AvgIpc) is 2.99. The van der Waals surface area contributed by atoms with Gasteiger partial charge in [0.2, 0.25) is 5.88 Å². The van der Waals surface area contributed by atoms with Gasteiger partial charge in [-0.1, -0.05) is 6.07 Å². The Balaban J connectivity index is 2.65. The summed E-state index contributed by atoms with van der Waals surface area (Å²) < 4.78 is 44.5. The van der Waals surface area contributed by atoms with Gasteiger partial charge < -0.3 is 9.64 Å². The molecular weight excluding hydrogens is 331 g/mol. The van der Waals surface area contributed by atoms with Crippen molar-refractivity contribution in [1.29, 1.82) is 5.26 Å². The lowest BCUT2D eigenvalue weighted by molar-refractivity contribution is -0.137. The van der Waals surface area contributed by atoms with Crippen LogP contribution in [-0.2, 0) is 6.18 Å². The predicted octanol–water partition coefficient (Wildman–Crippen LogP) is 3.76. The molecule has 2 aromatic rings. The lowest BCUT2D eigenvalue weighted by Crippen LogP contribution is -2.26. The van der Waals surface area contributed by atoms with Crippen molar-refractivity contribution in [3.05, 3.63) is 34.7 Å². The van der Waals surface area contributed by atoms with E-state index in [1.165, 1.54) is 31.5 Å². The predicted molar refractivity (Wildman–Crippen MR) is 77.0 cm³/mol. The van der Waals surface area contributed by atoms with E-state index in [0.29, 0.717) is 4.88 Å². The SMILES string of the molecule is CN(C)C(=O)Oc1nc(-c2cccs2)cc(C(F)(F)F)c1C#N. The first-order valence-corrected chi connectivity index (χ1v) is 7.07. The van der Waals surface area contributed by atoms with E-state index in [2.05, 4.69) is 4.98 Å². The average molecular weight is 341 g/mol. The highest BCUT2D eigenvalue weighted by Crippen LogP contribution is 2.38. The van der Waals surface area contributed by atoms with Crippen LogP contribution in [0.3, 0.4) is 0 Å². The van der Waals surface area contributed by atoms with Crippen molar-refractivity contribution in [2.45, 2.75) is 6.18 Å². The van der Waals surface area contributed by atoms with Gasteiger partial charge in [0.1, 0.15) is 11.6 Å². The maximum absolute atomic E-state index is 13.2. The molecule has 0 atom stereocenters. The van der Waals surface area contributed by atoms with Gasteiger partial charge in [0.25, 0.3) is 0 Å². The summed E-state index contributed by atoms with van der Waals surface area (Å²) in [4.78, 5) is 17.0. The Morgan fingerprint density at radius 3 is 2.61 bits per heavy atom. The van der Waals surface area contributed by atoms with E-state index in [1.54, 1.807) is 17.5 Å². The summed E-state index contributed by atoms with van der Waals surface area (Å²) in [5, 5.41) is 10.7. The van der Waals surface area contributed by atoms with Crippen molar-refractivity contribution in [1.82, 2.24) is 9.88 Å². The minimum Gasteiger partial charge on any atom is -0.390 e. The lowest BCUT2D eigenvalue weighted by atomic mass is 10.1. The van der Waals surface area contributed by atoms with Crippen LogP contribution < -0.4 is 4.74 Å². The van der Waals surface area contributed by atoms with E-state index < -0.39 is 29.3 Å². The molecular formula is C14H10F3N3O2S. The monoisotopic (exact) mass is 341 g/mol. The van der Waals surface area contributed by atoms with Crippen molar-refractivity contribution < 1.29 is 22.7 Å². The van der Waals surface area contributed by atoms with Crippen LogP contribution in [0.15, 0.2) is 23.6 Å². The highest BCUT2D eigenvalue weighted by Gasteiger charge is 2.37. The normalized spacial score (nSPS) is 11.0. The summed E-state index contributed by atoms with van der Waals surface area (Å²) in [7, 11) is 2.73. The van der Waals surface area contributed by atoms with Crippen LogP contribution in [0.1, 0.15) is 11.1 Å². The summed E-state index contributed by atoms with van der Waals surface area (Å²) >= 11 is 1.18. The fourth-order valence-electron chi connectivity index (χ4n) is 1.65. The number of aromatic nitrogens is 1. The quantitative estimate of drug-likeness (QED) is 0.834. The smallest absolute Gasteiger partial charge is 0.390 e. The largest absolute Gasteiger partial charge is 0.417 e. The fourth-order valence-corrected chi connectivity index (χ4v) is 2.34. The Kier molecular flexibility index (Phi) is 4.56. The fraction of sp³-hybridized carbons (Fsp3) is 0.214. The number of halogens is 3. The number of alkyl halides is 3. The summed E-state index contributed by atoms with van der Waals surface area (Å²) in [5.74, 6) is -0.663.